The second-order valence-electron chi connectivity index (χ2n) is 5.78. The number of aryl methyl sites for hydroxylation is 1. The summed E-state index contributed by atoms with van der Waals surface area (Å²) in [5, 5.41) is 5.92. The molecule has 1 heterocycles. The molecule has 0 spiro atoms. The Kier molecular flexibility index (Phi) is 7.19. The van der Waals surface area contributed by atoms with Gasteiger partial charge in [0.15, 0.2) is 0 Å². The average Bonchev–Trinajstić information content (AvgIpc) is 2.55. The summed E-state index contributed by atoms with van der Waals surface area (Å²) >= 11 is 0. The lowest BCUT2D eigenvalue weighted by atomic mass is 10.1. The molecule has 0 saturated carbocycles. The maximum atomic E-state index is 11.8. The van der Waals surface area contributed by atoms with Crippen LogP contribution in [-0.2, 0) is 11.2 Å². The summed E-state index contributed by atoms with van der Waals surface area (Å²) in [7, 11) is 0. The Hall–Kier alpha value is -1.59. The van der Waals surface area contributed by atoms with Crippen LogP contribution in [0.25, 0.3) is 0 Å². The largest absolute Gasteiger partial charge is 0.379 e. The van der Waals surface area contributed by atoms with Crippen molar-refractivity contribution in [2.75, 3.05) is 39.4 Å². The molecule has 0 bridgehead atoms. The lowest BCUT2D eigenvalue weighted by Gasteiger charge is -2.26. The van der Waals surface area contributed by atoms with Gasteiger partial charge in [0.25, 0.3) is 0 Å². The van der Waals surface area contributed by atoms with Crippen LogP contribution in [0.4, 0.5) is 4.79 Å². The highest BCUT2D eigenvalue weighted by atomic mass is 16.5. The summed E-state index contributed by atoms with van der Waals surface area (Å²) in [6, 6.07) is 10.5. The lowest BCUT2D eigenvalue weighted by molar-refractivity contribution is 0.0387. The zero-order chi connectivity index (χ0) is 15.6. The van der Waals surface area contributed by atoms with E-state index in [0.29, 0.717) is 6.54 Å². The van der Waals surface area contributed by atoms with Crippen LogP contribution in [0.5, 0.6) is 0 Å². The van der Waals surface area contributed by atoms with Gasteiger partial charge in [0.05, 0.1) is 13.2 Å². The van der Waals surface area contributed by atoms with E-state index in [-0.39, 0.29) is 12.1 Å². The zero-order valence-corrected chi connectivity index (χ0v) is 13.4. The minimum atomic E-state index is -0.0752. The average molecular weight is 305 g/mol. The molecular weight excluding hydrogens is 278 g/mol. The molecule has 1 aliphatic rings. The molecule has 1 unspecified atom stereocenters. The Balaban J connectivity index is 1.55. The minimum Gasteiger partial charge on any atom is -0.379 e. The first-order chi connectivity index (χ1) is 10.7. The fraction of sp³-hybridized carbons (Fsp3) is 0.588. The fourth-order valence-corrected chi connectivity index (χ4v) is 2.53. The number of carbonyl (C=O) groups is 1. The van der Waals surface area contributed by atoms with Gasteiger partial charge in [0, 0.05) is 32.2 Å². The monoisotopic (exact) mass is 305 g/mol. The molecule has 0 aromatic heterocycles. The van der Waals surface area contributed by atoms with Crippen LogP contribution < -0.4 is 10.6 Å². The van der Waals surface area contributed by atoms with E-state index in [9.17, 15) is 4.79 Å². The predicted molar refractivity (Wildman–Crippen MR) is 88.0 cm³/mol. The van der Waals surface area contributed by atoms with Crippen LogP contribution in [0.15, 0.2) is 30.3 Å². The molecule has 0 radical (unpaired) electrons. The number of carbonyl (C=O) groups excluding carboxylic acids is 1. The molecule has 5 nitrogen and oxygen atoms in total. The van der Waals surface area contributed by atoms with E-state index in [1.54, 1.807) is 0 Å². The van der Waals surface area contributed by atoms with Gasteiger partial charge in [-0.15, -0.1) is 0 Å². The van der Waals surface area contributed by atoms with Crippen molar-refractivity contribution in [3.8, 4) is 0 Å². The SMILES string of the molecule is CC(CCc1ccccc1)NC(=O)NCCN1CCOCC1. The number of rotatable bonds is 7. The summed E-state index contributed by atoms with van der Waals surface area (Å²) in [6.45, 7) is 7.11. The van der Waals surface area contributed by atoms with Gasteiger partial charge in [-0.1, -0.05) is 30.3 Å². The van der Waals surface area contributed by atoms with E-state index in [4.69, 9.17) is 4.74 Å². The molecule has 22 heavy (non-hydrogen) atoms. The molecule has 1 aromatic rings. The molecule has 1 atom stereocenters. The quantitative estimate of drug-likeness (QED) is 0.805. The highest BCUT2D eigenvalue weighted by molar-refractivity contribution is 5.74. The molecule has 122 valence electrons. The summed E-state index contributed by atoms with van der Waals surface area (Å²) in [4.78, 5) is 14.1. The minimum absolute atomic E-state index is 0.0752. The molecule has 1 aromatic carbocycles. The molecule has 0 aliphatic carbocycles. The standard InChI is InChI=1S/C17H27N3O2/c1-15(7-8-16-5-3-2-4-6-16)19-17(21)18-9-10-20-11-13-22-14-12-20/h2-6,15H,7-14H2,1H3,(H2,18,19,21). The predicted octanol–water partition coefficient (Wildman–Crippen LogP) is 1.64. The van der Waals surface area contributed by atoms with Gasteiger partial charge in [-0.25, -0.2) is 4.79 Å². The number of hydrogen-bond acceptors (Lipinski definition) is 3. The summed E-state index contributed by atoms with van der Waals surface area (Å²) in [5.41, 5.74) is 1.31. The Bertz CT molecular complexity index is 433. The van der Waals surface area contributed by atoms with E-state index in [1.807, 2.05) is 25.1 Å². The summed E-state index contributed by atoms with van der Waals surface area (Å²) < 4.78 is 5.30. The van der Waals surface area contributed by atoms with Gasteiger partial charge in [-0.3, -0.25) is 4.90 Å². The van der Waals surface area contributed by atoms with Gasteiger partial charge in [-0.05, 0) is 25.3 Å². The van der Waals surface area contributed by atoms with E-state index in [0.717, 1.165) is 45.7 Å². The smallest absolute Gasteiger partial charge is 0.315 e. The van der Waals surface area contributed by atoms with Gasteiger partial charge < -0.3 is 15.4 Å². The molecular formula is C17H27N3O2. The number of urea groups is 1. The third-order valence-electron chi connectivity index (χ3n) is 3.90. The Morgan fingerprint density at radius 1 is 1.27 bits per heavy atom. The van der Waals surface area contributed by atoms with Crippen LogP contribution in [0.3, 0.4) is 0 Å². The highest BCUT2D eigenvalue weighted by Crippen LogP contribution is 2.04. The Morgan fingerprint density at radius 2 is 2.00 bits per heavy atom. The van der Waals surface area contributed by atoms with Crippen molar-refractivity contribution in [2.45, 2.75) is 25.8 Å². The van der Waals surface area contributed by atoms with E-state index in [2.05, 4.69) is 27.7 Å². The van der Waals surface area contributed by atoms with Crippen LogP contribution in [0, 0.1) is 0 Å². The van der Waals surface area contributed by atoms with Crippen molar-refractivity contribution in [1.82, 2.24) is 15.5 Å². The van der Waals surface area contributed by atoms with Gasteiger partial charge in [0.2, 0.25) is 0 Å². The second-order valence-corrected chi connectivity index (χ2v) is 5.78. The molecule has 1 fully saturated rings. The fourth-order valence-electron chi connectivity index (χ4n) is 2.53. The second kappa shape index (κ2) is 9.43. The number of nitrogens with one attached hydrogen (secondary N) is 2. The van der Waals surface area contributed by atoms with Crippen LogP contribution in [0.1, 0.15) is 18.9 Å². The first-order valence-electron chi connectivity index (χ1n) is 8.12. The van der Waals surface area contributed by atoms with Crippen LogP contribution in [-0.4, -0.2) is 56.4 Å². The van der Waals surface area contributed by atoms with E-state index in [1.165, 1.54) is 5.56 Å². The number of nitrogens with zero attached hydrogens (tertiary/aromatic N) is 1. The van der Waals surface area contributed by atoms with E-state index >= 15 is 0 Å². The molecule has 2 N–H and O–H groups in total. The topological polar surface area (TPSA) is 53.6 Å². The Morgan fingerprint density at radius 3 is 2.73 bits per heavy atom. The first-order valence-corrected chi connectivity index (χ1v) is 8.12. The maximum absolute atomic E-state index is 11.8. The third-order valence-corrected chi connectivity index (χ3v) is 3.90. The molecule has 1 saturated heterocycles. The number of hydrogen-bond donors (Lipinski definition) is 2. The number of benzene rings is 1. The van der Waals surface area contributed by atoms with Crippen molar-refractivity contribution >= 4 is 6.03 Å². The normalized spacial score (nSPS) is 17.0. The third kappa shape index (κ3) is 6.45. The van der Waals surface area contributed by atoms with Crippen molar-refractivity contribution in [1.29, 1.82) is 0 Å². The summed E-state index contributed by atoms with van der Waals surface area (Å²) in [5.74, 6) is 0. The number of ether oxygens (including phenoxy) is 1. The maximum Gasteiger partial charge on any atom is 0.315 e. The van der Waals surface area contributed by atoms with Crippen LogP contribution in [0.2, 0.25) is 0 Å². The molecule has 5 heteroatoms. The molecule has 1 aliphatic heterocycles. The summed E-state index contributed by atoms with van der Waals surface area (Å²) in [6.07, 6.45) is 1.93. The van der Waals surface area contributed by atoms with Crippen molar-refractivity contribution in [3.63, 3.8) is 0 Å². The van der Waals surface area contributed by atoms with Crippen molar-refractivity contribution in [3.05, 3.63) is 35.9 Å². The Labute approximate surface area is 133 Å². The van der Waals surface area contributed by atoms with Crippen molar-refractivity contribution < 1.29 is 9.53 Å². The number of amides is 2. The first kappa shape index (κ1) is 16.8. The van der Waals surface area contributed by atoms with Crippen molar-refractivity contribution in [2.24, 2.45) is 0 Å². The van der Waals surface area contributed by atoms with Crippen LogP contribution >= 0.6 is 0 Å². The number of morpholine rings is 1. The lowest BCUT2D eigenvalue weighted by Crippen LogP contribution is -2.45. The highest BCUT2D eigenvalue weighted by Gasteiger charge is 2.11. The van der Waals surface area contributed by atoms with Gasteiger partial charge in [-0.2, -0.15) is 0 Å². The van der Waals surface area contributed by atoms with E-state index < -0.39 is 0 Å². The zero-order valence-electron chi connectivity index (χ0n) is 13.4. The van der Waals surface area contributed by atoms with Gasteiger partial charge >= 0.3 is 6.03 Å². The molecule has 2 rings (SSSR count). The van der Waals surface area contributed by atoms with Gasteiger partial charge in [0.1, 0.15) is 0 Å². The molecule has 2 amide bonds.